The van der Waals surface area contributed by atoms with Crippen LogP contribution >= 0.6 is 15.9 Å². The number of fused-ring (bicyclic) bond motifs is 1. The quantitative estimate of drug-likeness (QED) is 0.484. The van der Waals surface area contributed by atoms with E-state index in [1.165, 1.54) is 4.31 Å². The van der Waals surface area contributed by atoms with Crippen LogP contribution in [-0.2, 0) is 10.0 Å². The second-order valence-corrected chi connectivity index (χ2v) is 12.7. The average Bonchev–Trinajstić information content (AvgIpc) is 3.10. The molecule has 2 aromatic carbocycles. The molecule has 10 heteroatoms. The minimum atomic E-state index is -3.87. The Morgan fingerprint density at radius 2 is 1.87 bits per heavy atom. The van der Waals surface area contributed by atoms with Gasteiger partial charge in [-0.25, -0.2) is 17.2 Å². The van der Waals surface area contributed by atoms with Crippen LogP contribution in [0.2, 0.25) is 0 Å². The Bertz CT molecular complexity index is 1460. The third-order valence-electron chi connectivity index (χ3n) is 7.32. The van der Waals surface area contributed by atoms with E-state index in [-0.39, 0.29) is 16.7 Å². The van der Waals surface area contributed by atoms with Gasteiger partial charge in [-0.3, -0.25) is 9.98 Å². The zero-order valence-electron chi connectivity index (χ0n) is 21.0. The molecule has 0 spiro atoms. The van der Waals surface area contributed by atoms with E-state index < -0.39 is 21.7 Å². The van der Waals surface area contributed by atoms with E-state index >= 15 is 0 Å². The Kier molecular flexibility index (Phi) is 7.93. The molecule has 38 heavy (non-hydrogen) atoms. The predicted molar refractivity (Wildman–Crippen MR) is 149 cm³/mol. The molecule has 1 unspecified atom stereocenters. The summed E-state index contributed by atoms with van der Waals surface area (Å²) < 4.78 is 55.1. The number of halogens is 3. The first-order chi connectivity index (χ1) is 18.2. The van der Waals surface area contributed by atoms with Crippen LogP contribution in [-0.4, -0.2) is 50.8 Å². The molecule has 0 radical (unpaired) electrons. The highest BCUT2D eigenvalue weighted by Gasteiger charge is 2.31. The van der Waals surface area contributed by atoms with Crippen molar-refractivity contribution in [1.29, 1.82) is 0 Å². The minimum Gasteiger partial charge on any atom is -0.388 e. The number of dihydropyridines is 1. The number of benzene rings is 2. The number of hydrogen-bond donors (Lipinski definition) is 1. The lowest BCUT2D eigenvalue weighted by Crippen LogP contribution is -2.40. The fourth-order valence-electron chi connectivity index (χ4n) is 5.10. The summed E-state index contributed by atoms with van der Waals surface area (Å²) >= 11 is 3.64. The van der Waals surface area contributed by atoms with Crippen LogP contribution in [0.15, 0.2) is 79.3 Å². The van der Waals surface area contributed by atoms with Crippen molar-refractivity contribution < 1.29 is 17.2 Å². The average molecular weight is 604 g/mol. The number of allylic oxidation sites excluding steroid dienone is 3. The number of aliphatic imine (C=N–C) groups is 2. The molecule has 0 aromatic heterocycles. The highest BCUT2D eigenvalue weighted by atomic mass is 79.9. The van der Waals surface area contributed by atoms with Crippen molar-refractivity contribution in [2.24, 2.45) is 21.8 Å². The summed E-state index contributed by atoms with van der Waals surface area (Å²) in [7, 11) is -3.87. The van der Waals surface area contributed by atoms with Gasteiger partial charge in [-0.05, 0) is 77.9 Å². The zero-order valence-corrected chi connectivity index (χ0v) is 23.4. The Hall–Kier alpha value is -2.69. The van der Waals surface area contributed by atoms with Crippen molar-refractivity contribution >= 4 is 37.9 Å². The lowest BCUT2D eigenvalue weighted by Gasteiger charge is -2.32. The molecular weight excluding hydrogens is 574 g/mol. The van der Waals surface area contributed by atoms with E-state index in [0.717, 1.165) is 57.3 Å². The lowest BCUT2D eigenvalue weighted by molar-refractivity contribution is 0.270. The molecule has 2 aromatic rings. The molecule has 5 rings (SSSR count). The third kappa shape index (κ3) is 5.67. The monoisotopic (exact) mass is 602 g/mol. The number of sulfonamides is 1. The third-order valence-corrected chi connectivity index (χ3v) is 9.83. The summed E-state index contributed by atoms with van der Waals surface area (Å²) in [5.74, 6) is -1.78. The largest absolute Gasteiger partial charge is 0.388 e. The maximum Gasteiger partial charge on any atom is 0.243 e. The fourth-order valence-corrected chi connectivity index (χ4v) is 7.14. The van der Waals surface area contributed by atoms with Gasteiger partial charge in [-0.1, -0.05) is 24.3 Å². The van der Waals surface area contributed by atoms with Crippen LogP contribution < -0.4 is 5.32 Å². The van der Waals surface area contributed by atoms with Crippen molar-refractivity contribution in [2.45, 2.75) is 31.1 Å². The molecule has 0 bridgehead atoms. The molecule has 1 saturated heterocycles. The highest BCUT2D eigenvalue weighted by Crippen LogP contribution is 2.33. The van der Waals surface area contributed by atoms with Crippen molar-refractivity contribution in [1.82, 2.24) is 9.62 Å². The predicted octanol–water partition coefficient (Wildman–Crippen LogP) is 5.35. The number of piperidine rings is 1. The second-order valence-electron chi connectivity index (χ2n) is 9.91. The summed E-state index contributed by atoms with van der Waals surface area (Å²) in [6.07, 6.45) is 6.07. The smallest absolute Gasteiger partial charge is 0.243 e. The number of nitrogens with one attached hydrogen (secondary N) is 1. The first-order valence-corrected chi connectivity index (χ1v) is 14.9. The van der Waals surface area contributed by atoms with Gasteiger partial charge in [0.1, 0.15) is 0 Å². The van der Waals surface area contributed by atoms with Gasteiger partial charge >= 0.3 is 0 Å². The van der Waals surface area contributed by atoms with Crippen LogP contribution in [0.25, 0.3) is 0 Å². The first-order valence-electron chi connectivity index (χ1n) is 12.7. The van der Waals surface area contributed by atoms with Gasteiger partial charge < -0.3 is 5.32 Å². The molecule has 1 N–H and O–H groups in total. The van der Waals surface area contributed by atoms with Gasteiger partial charge in [0.05, 0.1) is 20.8 Å². The molecule has 1 fully saturated rings. The molecule has 0 saturated carbocycles. The maximum atomic E-state index is 13.6. The van der Waals surface area contributed by atoms with Crippen LogP contribution in [0.1, 0.15) is 30.4 Å². The maximum absolute atomic E-state index is 13.6. The summed E-state index contributed by atoms with van der Waals surface area (Å²) in [6, 6.07) is 10.9. The molecule has 0 amide bonds. The van der Waals surface area contributed by atoms with E-state index in [1.54, 1.807) is 0 Å². The van der Waals surface area contributed by atoms with Gasteiger partial charge in [-0.2, -0.15) is 4.31 Å². The van der Waals surface area contributed by atoms with Crippen molar-refractivity contribution in [3.8, 4) is 0 Å². The van der Waals surface area contributed by atoms with E-state index in [0.29, 0.717) is 39.0 Å². The molecule has 3 aliphatic heterocycles. The number of aryl methyl sites for hydroxylation is 1. The van der Waals surface area contributed by atoms with Gasteiger partial charge in [0.2, 0.25) is 10.0 Å². The highest BCUT2D eigenvalue weighted by molar-refractivity contribution is 9.12. The molecule has 1 atom stereocenters. The van der Waals surface area contributed by atoms with E-state index in [9.17, 15) is 17.2 Å². The molecular formula is C28H29BrF2N4O2S. The van der Waals surface area contributed by atoms with Crippen LogP contribution in [0.4, 0.5) is 8.78 Å². The van der Waals surface area contributed by atoms with Crippen molar-refractivity contribution in [3.63, 3.8) is 0 Å². The summed E-state index contributed by atoms with van der Waals surface area (Å²) in [4.78, 5) is 9.32. The second kappa shape index (κ2) is 11.2. The zero-order chi connectivity index (χ0) is 26.9. The molecule has 0 aliphatic carbocycles. The van der Waals surface area contributed by atoms with Crippen LogP contribution in [0, 0.1) is 30.4 Å². The Balaban J connectivity index is 1.27. The van der Waals surface area contributed by atoms with Gasteiger partial charge in [0, 0.05) is 49.6 Å². The Labute approximate surface area is 230 Å². The van der Waals surface area contributed by atoms with E-state index in [4.69, 9.17) is 4.99 Å². The standard InChI is InChI=1S/C28H29BrF2N4O2S/c1-18-4-2-3-5-23(18)27-13-21(12-20-16-32-17-24(29)28(20)34-27)33-15-19-8-10-35(11-9-19)38(36,37)22-6-7-25(30)26(31)14-22/h2-7,13-14,17,19-20,33H,8-12,15-16H2,1H3. The number of nitrogens with zero attached hydrogens (tertiary/aromatic N) is 3. The van der Waals surface area contributed by atoms with Crippen molar-refractivity contribution in [3.05, 3.63) is 87.2 Å². The summed E-state index contributed by atoms with van der Waals surface area (Å²) in [5.41, 5.74) is 5.22. The summed E-state index contributed by atoms with van der Waals surface area (Å²) in [6.45, 7) is 4.13. The topological polar surface area (TPSA) is 74.1 Å². The minimum absolute atomic E-state index is 0.165. The molecule has 200 valence electrons. The molecule has 3 heterocycles. The lowest BCUT2D eigenvalue weighted by atomic mass is 9.96. The Morgan fingerprint density at radius 3 is 2.61 bits per heavy atom. The van der Waals surface area contributed by atoms with Gasteiger partial charge in [0.15, 0.2) is 11.6 Å². The van der Waals surface area contributed by atoms with Crippen LogP contribution in [0.3, 0.4) is 0 Å². The van der Waals surface area contributed by atoms with Crippen molar-refractivity contribution in [2.75, 3.05) is 26.2 Å². The first kappa shape index (κ1) is 26.9. The summed E-state index contributed by atoms with van der Waals surface area (Å²) in [5, 5.41) is 3.63. The van der Waals surface area contributed by atoms with E-state index in [1.807, 2.05) is 18.3 Å². The fraction of sp³-hybridized carbons (Fsp3) is 0.357. The van der Waals surface area contributed by atoms with E-state index in [2.05, 4.69) is 51.4 Å². The SMILES string of the molecule is Cc1ccccc1C1=NC2=C(Br)C=NCC2CC(NCC2CCN(S(=O)(=O)c3ccc(F)c(F)c3)CC2)=C1. The normalized spacial score (nSPS) is 21.0. The molecule has 3 aliphatic rings. The number of hydrogen-bond acceptors (Lipinski definition) is 5. The van der Waals surface area contributed by atoms with Gasteiger partial charge in [-0.15, -0.1) is 0 Å². The van der Waals surface area contributed by atoms with Crippen LogP contribution in [0.5, 0.6) is 0 Å². The molecule has 6 nitrogen and oxygen atoms in total. The van der Waals surface area contributed by atoms with Gasteiger partial charge in [0.25, 0.3) is 0 Å². The Morgan fingerprint density at radius 1 is 1.11 bits per heavy atom. The number of rotatable bonds is 6.